The maximum absolute atomic E-state index is 12.2. The van der Waals surface area contributed by atoms with E-state index in [0.29, 0.717) is 5.82 Å². The lowest BCUT2D eigenvalue weighted by atomic mass is 10.0. The number of halogens is 3. The Kier molecular flexibility index (Phi) is 3.60. The summed E-state index contributed by atoms with van der Waals surface area (Å²) in [5.74, 6) is 0.289. The molecule has 3 nitrogen and oxygen atoms in total. The predicted octanol–water partition coefficient (Wildman–Crippen LogP) is 4.17. The van der Waals surface area contributed by atoms with Gasteiger partial charge in [0.1, 0.15) is 5.75 Å². The summed E-state index contributed by atoms with van der Waals surface area (Å²) < 4.78 is 40.4. The molecular weight excluding hydrogens is 293 g/mol. The Balaban J connectivity index is 1.98. The van der Waals surface area contributed by atoms with Gasteiger partial charge in [0.05, 0.1) is 5.69 Å². The standard InChI is InChI=1S/C16H13F3N2O/c1-2-14-20-13-5-3-4-12(13)15(21-14)10-6-8-11(9-7-10)22-16(17,18)19/h2,6-9H,1,3-5H2. The summed E-state index contributed by atoms with van der Waals surface area (Å²) in [5, 5.41) is 0. The smallest absolute Gasteiger partial charge is 0.406 e. The third kappa shape index (κ3) is 2.95. The van der Waals surface area contributed by atoms with Gasteiger partial charge in [-0.1, -0.05) is 6.58 Å². The Morgan fingerprint density at radius 2 is 1.82 bits per heavy atom. The minimum atomic E-state index is -4.69. The second kappa shape index (κ2) is 5.44. The fourth-order valence-electron chi connectivity index (χ4n) is 2.60. The van der Waals surface area contributed by atoms with Crippen molar-refractivity contribution in [2.24, 2.45) is 0 Å². The van der Waals surface area contributed by atoms with E-state index >= 15 is 0 Å². The topological polar surface area (TPSA) is 35.0 Å². The highest BCUT2D eigenvalue weighted by Crippen LogP contribution is 2.32. The van der Waals surface area contributed by atoms with Crippen molar-refractivity contribution in [3.05, 3.63) is 47.9 Å². The van der Waals surface area contributed by atoms with Gasteiger partial charge in [-0.05, 0) is 49.6 Å². The lowest BCUT2D eigenvalue weighted by Gasteiger charge is -2.11. The maximum Gasteiger partial charge on any atom is 0.573 e. The molecule has 1 aromatic carbocycles. The molecule has 114 valence electrons. The van der Waals surface area contributed by atoms with Gasteiger partial charge in [0.2, 0.25) is 0 Å². The van der Waals surface area contributed by atoms with Crippen LogP contribution in [-0.2, 0) is 12.8 Å². The van der Waals surface area contributed by atoms with E-state index in [-0.39, 0.29) is 5.75 Å². The first-order chi connectivity index (χ1) is 10.5. The largest absolute Gasteiger partial charge is 0.573 e. The van der Waals surface area contributed by atoms with Gasteiger partial charge in [-0.2, -0.15) is 0 Å². The Morgan fingerprint density at radius 1 is 1.09 bits per heavy atom. The zero-order valence-electron chi connectivity index (χ0n) is 11.7. The Bertz CT molecular complexity index is 709. The third-order valence-corrected chi connectivity index (χ3v) is 3.49. The summed E-state index contributed by atoms with van der Waals surface area (Å²) >= 11 is 0. The van der Waals surface area contributed by atoms with Crippen molar-refractivity contribution in [1.82, 2.24) is 9.97 Å². The summed E-state index contributed by atoms with van der Waals surface area (Å²) in [6, 6.07) is 5.74. The molecule has 1 aromatic heterocycles. The summed E-state index contributed by atoms with van der Waals surface area (Å²) in [6.45, 7) is 3.68. The van der Waals surface area contributed by atoms with Crippen LogP contribution >= 0.6 is 0 Å². The van der Waals surface area contributed by atoms with E-state index in [1.165, 1.54) is 12.1 Å². The zero-order chi connectivity index (χ0) is 15.7. The molecule has 3 rings (SSSR count). The number of hydrogen-bond donors (Lipinski definition) is 0. The maximum atomic E-state index is 12.2. The van der Waals surface area contributed by atoms with Crippen LogP contribution in [0.3, 0.4) is 0 Å². The Labute approximate surface area is 125 Å². The Hall–Kier alpha value is -2.37. The van der Waals surface area contributed by atoms with E-state index in [2.05, 4.69) is 21.3 Å². The number of benzene rings is 1. The molecule has 2 aromatic rings. The molecular formula is C16H13F3N2O. The SMILES string of the molecule is C=Cc1nc2c(c(-c3ccc(OC(F)(F)F)cc3)n1)CCC2. The molecule has 0 N–H and O–H groups in total. The van der Waals surface area contributed by atoms with Crippen LogP contribution in [-0.4, -0.2) is 16.3 Å². The molecule has 1 heterocycles. The van der Waals surface area contributed by atoms with Crippen molar-refractivity contribution in [2.75, 3.05) is 0 Å². The number of ether oxygens (including phenoxy) is 1. The lowest BCUT2D eigenvalue weighted by Crippen LogP contribution is -2.16. The second-order valence-corrected chi connectivity index (χ2v) is 4.99. The van der Waals surface area contributed by atoms with Gasteiger partial charge in [0.15, 0.2) is 5.82 Å². The highest BCUT2D eigenvalue weighted by atomic mass is 19.4. The van der Waals surface area contributed by atoms with Crippen molar-refractivity contribution >= 4 is 6.08 Å². The normalized spacial score (nSPS) is 13.8. The van der Waals surface area contributed by atoms with Crippen LogP contribution in [0.2, 0.25) is 0 Å². The quantitative estimate of drug-likeness (QED) is 0.853. The van der Waals surface area contributed by atoms with E-state index in [4.69, 9.17) is 0 Å². The molecule has 1 aliphatic rings. The van der Waals surface area contributed by atoms with Crippen LogP contribution in [0.25, 0.3) is 17.3 Å². The van der Waals surface area contributed by atoms with Crippen LogP contribution in [0.4, 0.5) is 13.2 Å². The van der Waals surface area contributed by atoms with Gasteiger partial charge >= 0.3 is 6.36 Å². The average Bonchev–Trinajstić information content (AvgIpc) is 2.93. The van der Waals surface area contributed by atoms with E-state index in [1.807, 2.05) is 0 Å². The highest BCUT2D eigenvalue weighted by molar-refractivity contribution is 5.66. The number of alkyl halides is 3. The van der Waals surface area contributed by atoms with Gasteiger partial charge in [-0.25, -0.2) is 9.97 Å². The van der Waals surface area contributed by atoms with Crippen LogP contribution in [0.1, 0.15) is 23.5 Å². The molecule has 0 saturated heterocycles. The molecule has 0 fully saturated rings. The van der Waals surface area contributed by atoms with E-state index in [0.717, 1.165) is 41.8 Å². The summed E-state index contributed by atoms with van der Waals surface area (Å²) in [4.78, 5) is 8.87. The molecule has 0 atom stereocenters. The molecule has 0 radical (unpaired) electrons. The number of nitrogens with zero attached hydrogens (tertiary/aromatic N) is 2. The van der Waals surface area contributed by atoms with E-state index < -0.39 is 6.36 Å². The lowest BCUT2D eigenvalue weighted by molar-refractivity contribution is -0.274. The first-order valence-electron chi connectivity index (χ1n) is 6.85. The van der Waals surface area contributed by atoms with Crippen molar-refractivity contribution in [3.8, 4) is 17.0 Å². The number of hydrogen-bond acceptors (Lipinski definition) is 3. The first kappa shape index (κ1) is 14.6. The molecule has 0 amide bonds. The molecule has 0 saturated carbocycles. The van der Waals surface area contributed by atoms with Crippen LogP contribution < -0.4 is 4.74 Å². The number of aromatic nitrogens is 2. The molecule has 22 heavy (non-hydrogen) atoms. The molecule has 0 bridgehead atoms. The van der Waals surface area contributed by atoms with Gasteiger partial charge in [-0.3, -0.25) is 0 Å². The predicted molar refractivity (Wildman–Crippen MR) is 76.3 cm³/mol. The van der Waals surface area contributed by atoms with Crippen molar-refractivity contribution in [2.45, 2.75) is 25.6 Å². The minimum Gasteiger partial charge on any atom is -0.406 e. The fraction of sp³-hybridized carbons (Fsp3) is 0.250. The fourth-order valence-corrected chi connectivity index (χ4v) is 2.60. The third-order valence-electron chi connectivity index (χ3n) is 3.49. The summed E-state index contributed by atoms with van der Waals surface area (Å²) in [7, 11) is 0. The molecule has 1 aliphatic carbocycles. The molecule has 0 spiro atoms. The Morgan fingerprint density at radius 3 is 2.45 bits per heavy atom. The number of rotatable bonds is 3. The van der Waals surface area contributed by atoms with E-state index in [1.54, 1.807) is 18.2 Å². The van der Waals surface area contributed by atoms with E-state index in [9.17, 15) is 13.2 Å². The minimum absolute atomic E-state index is 0.245. The molecule has 0 aliphatic heterocycles. The van der Waals surface area contributed by atoms with Crippen molar-refractivity contribution < 1.29 is 17.9 Å². The second-order valence-electron chi connectivity index (χ2n) is 4.99. The number of aryl methyl sites for hydroxylation is 1. The van der Waals surface area contributed by atoms with Gasteiger partial charge in [0.25, 0.3) is 0 Å². The van der Waals surface area contributed by atoms with Gasteiger partial charge < -0.3 is 4.74 Å². The number of fused-ring (bicyclic) bond motifs is 1. The van der Waals surface area contributed by atoms with Crippen molar-refractivity contribution in [3.63, 3.8) is 0 Å². The van der Waals surface area contributed by atoms with Gasteiger partial charge in [0, 0.05) is 16.8 Å². The first-order valence-corrected chi connectivity index (χ1v) is 6.85. The van der Waals surface area contributed by atoms with Crippen LogP contribution in [0.15, 0.2) is 30.8 Å². The van der Waals surface area contributed by atoms with Crippen LogP contribution in [0, 0.1) is 0 Å². The zero-order valence-corrected chi connectivity index (χ0v) is 11.7. The summed E-state index contributed by atoms with van der Waals surface area (Å²) in [6.07, 6.45) is -0.340. The monoisotopic (exact) mass is 306 g/mol. The molecule has 6 heteroatoms. The average molecular weight is 306 g/mol. The molecule has 0 unspecified atom stereocenters. The summed E-state index contributed by atoms with van der Waals surface area (Å²) in [5.41, 5.74) is 3.57. The highest BCUT2D eigenvalue weighted by Gasteiger charge is 2.31. The van der Waals surface area contributed by atoms with Gasteiger partial charge in [-0.15, -0.1) is 13.2 Å². The van der Waals surface area contributed by atoms with Crippen LogP contribution in [0.5, 0.6) is 5.75 Å². The van der Waals surface area contributed by atoms with Crippen molar-refractivity contribution in [1.29, 1.82) is 0 Å².